The van der Waals surface area contributed by atoms with E-state index in [2.05, 4.69) is 17.0 Å². The fourth-order valence-electron chi connectivity index (χ4n) is 3.26. The van der Waals surface area contributed by atoms with Crippen molar-refractivity contribution >= 4 is 5.91 Å². The van der Waals surface area contributed by atoms with Crippen LogP contribution in [0.3, 0.4) is 0 Å². The number of carbonyl (C=O) groups is 1. The quantitative estimate of drug-likeness (QED) is 0.828. The van der Waals surface area contributed by atoms with Crippen LogP contribution in [0.15, 0.2) is 48.5 Å². The summed E-state index contributed by atoms with van der Waals surface area (Å²) in [5.74, 6) is 1.67. The van der Waals surface area contributed by atoms with Crippen LogP contribution in [0.25, 0.3) is 0 Å². The van der Waals surface area contributed by atoms with Gasteiger partial charge in [0.2, 0.25) is 0 Å². The lowest BCUT2D eigenvalue weighted by Crippen LogP contribution is -2.35. The standard InChI is InChI=1S/C21H26N2O3/c1-25-19-9-7-17(8-10-19)16-22-11-4-12-23(14-13-22)21(24)18-5-3-6-20(15-18)26-2/h3,5-10,15H,4,11-14,16H2,1-2H3. The predicted octanol–water partition coefficient (Wildman–Crippen LogP) is 3.05. The van der Waals surface area contributed by atoms with Crippen molar-refractivity contribution in [2.45, 2.75) is 13.0 Å². The molecule has 0 radical (unpaired) electrons. The first-order chi connectivity index (χ1) is 12.7. The van der Waals surface area contributed by atoms with Crippen LogP contribution in [0.5, 0.6) is 11.5 Å². The fraction of sp³-hybridized carbons (Fsp3) is 0.381. The summed E-state index contributed by atoms with van der Waals surface area (Å²) >= 11 is 0. The Morgan fingerprint density at radius 3 is 2.42 bits per heavy atom. The van der Waals surface area contributed by atoms with Gasteiger partial charge in [-0.3, -0.25) is 9.69 Å². The van der Waals surface area contributed by atoms with Crippen molar-refractivity contribution in [3.05, 3.63) is 59.7 Å². The van der Waals surface area contributed by atoms with Crippen LogP contribution in [0.2, 0.25) is 0 Å². The molecule has 1 saturated heterocycles. The summed E-state index contributed by atoms with van der Waals surface area (Å²) in [7, 11) is 3.30. The maximum absolute atomic E-state index is 12.8. The lowest BCUT2D eigenvalue weighted by molar-refractivity contribution is 0.0760. The minimum absolute atomic E-state index is 0.0789. The van der Waals surface area contributed by atoms with Gasteiger partial charge in [-0.25, -0.2) is 0 Å². The monoisotopic (exact) mass is 354 g/mol. The maximum Gasteiger partial charge on any atom is 0.254 e. The van der Waals surface area contributed by atoms with Crippen LogP contribution >= 0.6 is 0 Å². The summed E-state index contributed by atoms with van der Waals surface area (Å²) in [6.07, 6.45) is 0.978. The Balaban J connectivity index is 1.59. The molecule has 0 aromatic heterocycles. The van der Waals surface area contributed by atoms with E-state index in [9.17, 15) is 4.79 Å². The van der Waals surface area contributed by atoms with Gasteiger partial charge < -0.3 is 14.4 Å². The normalized spacial score (nSPS) is 15.4. The minimum Gasteiger partial charge on any atom is -0.497 e. The fourth-order valence-corrected chi connectivity index (χ4v) is 3.26. The summed E-state index contributed by atoms with van der Waals surface area (Å²) < 4.78 is 10.4. The van der Waals surface area contributed by atoms with E-state index in [4.69, 9.17) is 9.47 Å². The molecule has 0 spiro atoms. The summed E-state index contributed by atoms with van der Waals surface area (Å²) in [4.78, 5) is 17.1. The molecule has 0 unspecified atom stereocenters. The highest BCUT2D eigenvalue weighted by Gasteiger charge is 2.20. The van der Waals surface area contributed by atoms with Crippen LogP contribution in [0.4, 0.5) is 0 Å². The third-order valence-electron chi connectivity index (χ3n) is 4.76. The van der Waals surface area contributed by atoms with Gasteiger partial charge in [-0.1, -0.05) is 18.2 Å². The molecule has 1 aliphatic heterocycles. The second-order valence-corrected chi connectivity index (χ2v) is 6.50. The highest BCUT2D eigenvalue weighted by Crippen LogP contribution is 2.17. The van der Waals surface area contributed by atoms with Gasteiger partial charge in [0.15, 0.2) is 0 Å². The number of hydrogen-bond acceptors (Lipinski definition) is 4. The molecule has 5 heteroatoms. The Morgan fingerprint density at radius 2 is 1.69 bits per heavy atom. The van der Waals surface area contributed by atoms with Gasteiger partial charge in [0.1, 0.15) is 11.5 Å². The Bertz CT molecular complexity index is 730. The summed E-state index contributed by atoms with van der Waals surface area (Å²) in [6, 6.07) is 15.6. The van der Waals surface area contributed by atoms with E-state index >= 15 is 0 Å². The number of ether oxygens (including phenoxy) is 2. The second-order valence-electron chi connectivity index (χ2n) is 6.50. The first-order valence-corrected chi connectivity index (χ1v) is 8.98. The Morgan fingerprint density at radius 1 is 0.923 bits per heavy atom. The van der Waals surface area contributed by atoms with E-state index in [1.54, 1.807) is 14.2 Å². The number of rotatable bonds is 5. The van der Waals surface area contributed by atoms with Gasteiger partial charge in [-0.2, -0.15) is 0 Å². The molecule has 5 nitrogen and oxygen atoms in total. The largest absolute Gasteiger partial charge is 0.497 e. The SMILES string of the molecule is COc1ccc(CN2CCCN(C(=O)c3cccc(OC)c3)CC2)cc1. The third kappa shape index (κ3) is 4.55. The van der Waals surface area contributed by atoms with Crippen molar-refractivity contribution in [2.24, 2.45) is 0 Å². The van der Waals surface area contributed by atoms with Gasteiger partial charge >= 0.3 is 0 Å². The Hall–Kier alpha value is -2.53. The van der Waals surface area contributed by atoms with Crippen LogP contribution in [0.1, 0.15) is 22.3 Å². The number of amides is 1. The average molecular weight is 354 g/mol. The zero-order valence-corrected chi connectivity index (χ0v) is 15.5. The minimum atomic E-state index is 0.0789. The number of benzene rings is 2. The van der Waals surface area contributed by atoms with Crippen LogP contribution in [-0.2, 0) is 6.54 Å². The predicted molar refractivity (Wildman–Crippen MR) is 102 cm³/mol. The first kappa shape index (κ1) is 18.3. The molecule has 3 rings (SSSR count). The summed E-state index contributed by atoms with van der Waals surface area (Å²) in [5, 5.41) is 0. The van der Waals surface area contributed by atoms with Crippen molar-refractivity contribution in [1.29, 1.82) is 0 Å². The second kappa shape index (κ2) is 8.72. The molecule has 138 valence electrons. The summed E-state index contributed by atoms with van der Waals surface area (Å²) in [6.45, 7) is 4.29. The van der Waals surface area contributed by atoms with Crippen molar-refractivity contribution in [3.8, 4) is 11.5 Å². The van der Waals surface area contributed by atoms with Crippen molar-refractivity contribution in [3.63, 3.8) is 0 Å². The van der Waals surface area contributed by atoms with Gasteiger partial charge in [0.05, 0.1) is 14.2 Å². The van der Waals surface area contributed by atoms with Gasteiger partial charge in [-0.05, 0) is 42.3 Å². The van der Waals surface area contributed by atoms with E-state index in [0.29, 0.717) is 11.3 Å². The zero-order chi connectivity index (χ0) is 18.4. The van der Waals surface area contributed by atoms with E-state index in [1.807, 2.05) is 41.3 Å². The zero-order valence-electron chi connectivity index (χ0n) is 15.5. The maximum atomic E-state index is 12.8. The van der Waals surface area contributed by atoms with Gasteiger partial charge in [0.25, 0.3) is 5.91 Å². The molecule has 1 amide bonds. The van der Waals surface area contributed by atoms with Gasteiger partial charge in [-0.15, -0.1) is 0 Å². The van der Waals surface area contributed by atoms with E-state index < -0.39 is 0 Å². The Kier molecular flexibility index (Phi) is 6.12. The topological polar surface area (TPSA) is 42.0 Å². The third-order valence-corrected chi connectivity index (χ3v) is 4.76. The lowest BCUT2D eigenvalue weighted by Gasteiger charge is -2.22. The van der Waals surface area contributed by atoms with Crippen LogP contribution in [-0.4, -0.2) is 56.1 Å². The smallest absolute Gasteiger partial charge is 0.254 e. The molecule has 2 aromatic carbocycles. The molecule has 0 aliphatic carbocycles. The van der Waals surface area contributed by atoms with Gasteiger partial charge in [0, 0.05) is 38.3 Å². The number of methoxy groups -OCH3 is 2. The molecule has 1 aliphatic rings. The number of carbonyl (C=O) groups excluding carboxylic acids is 1. The lowest BCUT2D eigenvalue weighted by atomic mass is 10.2. The molecule has 0 bridgehead atoms. The molecule has 26 heavy (non-hydrogen) atoms. The van der Waals surface area contributed by atoms with Crippen molar-refractivity contribution < 1.29 is 14.3 Å². The molecular formula is C21H26N2O3. The summed E-state index contributed by atoms with van der Waals surface area (Å²) in [5.41, 5.74) is 1.95. The molecular weight excluding hydrogens is 328 g/mol. The Labute approximate surface area is 155 Å². The van der Waals surface area contributed by atoms with E-state index in [-0.39, 0.29) is 5.91 Å². The molecule has 1 fully saturated rings. The first-order valence-electron chi connectivity index (χ1n) is 8.98. The highest BCUT2D eigenvalue weighted by molar-refractivity contribution is 5.94. The molecule has 1 heterocycles. The highest BCUT2D eigenvalue weighted by atomic mass is 16.5. The average Bonchev–Trinajstić information content (AvgIpc) is 2.93. The van der Waals surface area contributed by atoms with Crippen LogP contribution in [0, 0.1) is 0 Å². The number of hydrogen-bond donors (Lipinski definition) is 0. The van der Waals surface area contributed by atoms with E-state index in [0.717, 1.165) is 44.9 Å². The van der Waals surface area contributed by atoms with Crippen LogP contribution < -0.4 is 9.47 Å². The molecule has 0 N–H and O–H groups in total. The van der Waals surface area contributed by atoms with Crippen molar-refractivity contribution in [1.82, 2.24) is 9.80 Å². The van der Waals surface area contributed by atoms with Crippen molar-refractivity contribution in [2.75, 3.05) is 40.4 Å². The number of nitrogens with zero attached hydrogens (tertiary/aromatic N) is 2. The molecule has 0 atom stereocenters. The molecule has 2 aromatic rings. The molecule has 0 saturated carbocycles. The van der Waals surface area contributed by atoms with E-state index in [1.165, 1.54) is 5.56 Å².